The van der Waals surface area contributed by atoms with E-state index >= 15 is 0 Å². The van der Waals surface area contributed by atoms with Crippen molar-refractivity contribution in [1.82, 2.24) is 10.2 Å². The molecular weight excluding hydrogens is 546 g/mol. The van der Waals surface area contributed by atoms with Gasteiger partial charge in [0, 0.05) is 11.8 Å². The first-order chi connectivity index (χ1) is 18.7. The highest BCUT2D eigenvalue weighted by atomic mass is 32.1. The molecule has 2 amide bonds. The Morgan fingerprint density at radius 2 is 1.82 bits per heavy atom. The molecule has 0 radical (unpaired) electrons. The van der Waals surface area contributed by atoms with E-state index in [-0.39, 0.29) is 17.4 Å². The third kappa shape index (κ3) is 7.24. The van der Waals surface area contributed by atoms with Crippen LogP contribution in [0.1, 0.15) is 58.4 Å². The number of ether oxygens (including phenoxy) is 4. The van der Waals surface area contributed by atoms with E-state index in [2.05, 4.69) is 19.8 Å². The molecule has 3 atom stereocenters. The number of aliphatic hydroxyl groups excluding tert-OH is 1. The zero-order chi connectivity index (χ0) is 29.8. The maximum Gasteiger partial charge on any atom is 0.438 e. The number of carbonyl (C=O) groups excluding carboxylic acids is 5. The van der Waals surface area contributed by atoms with Crippen LogP contribution in [0.15, 0.2) is 22.1 Å². The molecule has 14 heteroatoms. The smallest absolute Gasteiger partial charge is 0.428 e. The number of fused-ring (bicyclic) bond motifs is 1. The number of hydrogen-bond acceptors (Lipinski definition) is 11. The fourth-order valence-corrected chi connectivity index (χ4v) is 5.00. The van der Waals surface area contributed by atoms with Crippen molar-refractivity contribution in [3.05, 3.63) is 27.6 Å². The molecule has 1 fully saturated rings. The molecule has 2 N–H and O–H groups in total. The number of rotatable bonds is 9. The summed E-state index contributed by atoms with van der Waals surface area (Å²) in [7, 11) is 0. The summed E-state index contributed by atoms with van der Waals surface area (Å²) in [6.07, 6.45) is -1.47. The second kappa shape index (κ2) is 12.6. The second-order valence-electron chi connectivity index (χ2n) is 10.3. The zero-order valence-corrected chi connectivity index (χ0v) is 24.0. The molecule has 0 saturated carbocycles. The maximum atomic E-state index is 13.1. The lowest BCUT2D eigenvalue weighted by Crippen LogP contribution is -2.61. The van der Waals surface area contributed by atoms with Crippen LogP contribution in [-0.4, -0.2) is 71.5 Å². The minimum Gasteiger partial charge on any atom is -0.428 e. The van der Waals surface area contributed by atoms with E-state index in [1.807, 2.05) is 11.4 Å². The van der Waals surface area contributed by atoms with Crippen LogP contribution >= 0.6 is 11.3 Å². The van der Waals surface area contributed by atoms with Gasteiger partial charge in [-0.15, -0.1) is 11.3 Å². The largest absolute Gasteiger partial charge is 0.438 e. The number of aliphatic hydroxyl groups is 1. The van der Waals surface area contributed by atoms with Crippen LogP contribution in [0, 0.1) is 11.3 Å². The lowest BCUT2D eigenvalue weighted by Gasteiger charge is -2.44. The van der Waals surface area contributed by atoms with Gasteiger partial charge in [-0.1, -0.05) is 0 Å². The van der Waals surface area contributed by atoms with E-state index in [1.165, 1.54) is 30.1 Å². The molecule has 0 bridgehead atoms. The predicted molar refractivity (Wildman–Crippen MR) is 141 cm³/mol. The zero-order valence-electron chi connectivity index (χ0n) is 23.1. The number of nitrogens with one attached hydrogen (secondary N) is 1. The molecule has 0 aromatic carbocycles. The van der Waals surface area contributed by atoms with Gasteiger partial charge in [0.15, 0.2) is 0 Å². The van der Waals surface area contributed by atoms with Gasteiger partial charge in [0.1, 0.15) is 11.5 Å². The van der Waals surface area contributed by atoms with Crippen LogP contribution in [-0.2, 0) is 44.7 Å². The molecule has 0 spiro atoms. The lowest BCUT2D eigenvalue weighted by atomic mass is 9.82. The monoisotopic (exact) mass is 579 g/mol. The van der Waals surface area contributed by atoms with Crippen molar-refractivity contribution in [3.8, 4) is 0 Å². The van der Waals surface area contributed by atoms with Crippen molar-refractivity contribution in [1.29, 1.82) is 0 Å². The Morgan fingerprint density at radius 1 is 1.15 bits per heavy atom. The molecule has 218 valence electrons. The molecular formula is C26H33N3O10S. The number of esters is 3. The molecule has 1 saturated heterocycles. The third-order valence-corrected chi connectivity index (χ3v) is 7.08. The molecule has 40 heavy (non-hydrogen) atoms. The molecule has 3 heterocycles. The molecule has 13 nitrogen and oxygen atoms in total. The summed E-state index contributed by atoms with van der Waals surface area (Å²) in [5, 5.41) is 14.9. The van der Waals surface area contributed by atoms with Gasteiger partial charge in [-0.2, -0.15) is 4.99 Å². The molecule has 2 aliphatic heterocycles. The predicted octanol–water partition coefficient (Wildman–Crippen LogP) is 2.33. The van der Waals surface area contributed by atoms with Crippen molar-refractivity contribution in [2.45, 2.75) is 66.7 Å². The van der Waals surface area contributed by atoms with Crippen LogP contribution in [0.5, 0.6) is 0 Å². The lowest BCUT2D eigenvalue weighted by molar-refractivity contribution is -0.175. The Labute approximate surface area is 235 Å². The Balaban J connectivity index is 1.71. The number of hydrogen-bond donors (Lipinski definition) is 2. The Bertz CT molecular complexity index is 1240. The molecule has 1 aromatic heterocycles. The number of carbonyl (C=O) groups is 5. The van der Waals surface area contributed by atoms with E-state index in [9.17, 15) is 29.1 Å². The highest BCUT2D eigenvalue weighted by molar-refractivity contribution is 7.10. The number of amides is 2. The van der Waals surface area contributed by atoms with Crippen molar-refractivity contribution in [2.75, 3.05) is 13.6 Å². The van der Waals surface area contributed by atoms with Crippen LogP contribution in [0.2, 0.25) is 0 Å². The van der Waals surface area contributed by atoms with E-state index in [0.29, 0.717) is 24.1 Å². The summed E-state index contributed by atoms with van der Waals surface area (Å²) < 4.78 is 19.4. The standard InChI is InChI=1S/C26H33N3O10S/c1-13(30)20-19-8-18(21(29(19)22(20)32)23(33)37-12-38-24(34)26(4,5)6)16-7-17(40-10-16)9-27-14(2)28-25(35)39-11-36-15(3)31/h7,10,13,19-20,30H,8-9,11-12H2,1-6H3,(H,27,28,35)/t13-,19-,20-/m1/s1. The second-order valence-corrected chi connectivity index (χ2v) is 11.3. The van der Waals surface area contributed by atoms with Gasteiger partial charge in [-0.25, -0.2) is 9.59 Å². The normalized spacial score (nSPS) is 19.4. The van der Waals surface area contributed by atoms with Gasteiger partial charge in [-0.3, -0.25) is 14.4 Å². The highest BCUT2D eigenvalue weighted by Crippen LogP contribution is 2.47. The summed E-state index contributed by atoms with van der Waals surface area (Å²) in [4.78, 5) is 66.2. The fourth-order valence-electron chi connectivity index (χ4n) is 4.16. The minimum atomic E-state index is -0.924. The fraction of sp³-hybridized carbons (Fsp3) is 0.538. The highest BCUT2D eigenvalue weighted by Gasteiger charge is 2.57. The third-order valence-electron chi connectivity index (χ3n) is 6.14. The Hall–Kier alpha value is -3.78. The molecule has 0 aliphatic carbocycles. The Kier molecular flexibility index (Phi) is 9.69. The van der Waals surface area contributed by atoms with Crippen molar-refractivity contribution >= 4 is 52.7 Å². The molecule has 1 aromatic rings. The van der Waals surface area contributed by atoms with E-state index in [0.717, 1.165) is 4.88 Å². The van der Waals surface area contributed by atoms with Crippen molar-refractivity contribution in [2.24, 2.45) is 16.3 Å². The van der Waals surface area contributed by atoms with E-state index in [1.54, 1.807) is 27.7 Å². The summed E-state index contributed by atoms with van der Waals surface area (Å²) in [6.45, 7) is 8.46. The summed E-state index contributed by atoms with van der Waals surface area (Å²) >= 11 is 1.38. The molecule has 2 aliphatic rings. The first kappa shape index (κ1) is 30.8. The van der Waals surface area contributed by atoms with Gasteiger partial charge >= 0.3 is 24.0 Å². The van der Waals surface area contributed by atoms with Crippen molar-refractivity contribution in [3.63, 3.8) is 0 Å². The number of nitrogens with zero attached hydrogens (tertiary/aromatic N) is 2. The van der Waals surface area contributed by atoms with Crippen molar-refractivity contribution < 1.29 is 48.0 Å². The average Bonchev–Trinajstić information content (AvgIpc) is 3.44. The maximum absolute atomic E-state index is 13.1. The topological polar surface area (TPSA) is 170 Å². The van der Waals surface area contributed by atoms with Gasteiger partial charge in [0.2, 0.25) is 19.5 Å². The van der Waals surface area contributed by atoms with E-state index < -0.39 is 61.1 Å². The molecule has 3 rings (SSSR count). The van der Waals surface area contributed by atoms with Crippen LogP contribution in [0.4, 0.5) is 4.79 Å². The van der Waals surface area contributed by atoms with E-state index in [4.69, 9.17) is 9.47 Å². The van der Waals surface area contributed by atoms with Gasteiger partial charge in [-0.05, 0) is 63.6 Å². The van der Waals surface area contributed by atoms with Crippen LogP contribution < -0.4 is 5.32 Å². The van der Waals surface area contributed by atoms with Crippen LogP contribution in [0.3, 0.4) is 0 Å². The number of β-lactam (4-membered cyclic amide) rings is 1. The first-order valence-corrected chi connectivity index (χ1v) is 13.3. The molecule has 0 unspecified atom stereocenters. The SMILES string of the molecule is CC(=O)OCOC(=O)/N=C(\C)NCc1cc(C2=C(C(=O)OCOC(=O)C(C)(C)C)N3C(=O)[C@H]([C@@H](C)O)[C@H]3C2)cs1. The summed E-state index contributed by atoms with van der Waals surface area (Å²) in [5.41, 5.74) is 0.559. The number of amidine groups is 1. The summed E-state index contributed by atoms with van der Waals surface area (Å²) in [5.74, 6) is -2.69. The quantitative estimate of drug-likeness (QED) is 0.145. The minimum absolute atomic E-state index is 0.0595. The van der Waals surface area contributed by atoms with Crippen LogP contribution in [0.25, 0.3) is 5.57 Å². The van der Waals surface area contributed by atoms with Gasteiger partial charge < -0.3 is 34.3 Å². The first-order valence-electron chi connectivity index (χ1n) is 12.5. The average molecular weight is 580 g/mol. The van der Waals surface area contributed by atoms with Gasteiger partial charge in [0.05, 0.1) is 30.0 Å². The Morgan fingerprint density at radius 3 is 2.45 bits per heavy atom. The number of thiophene rings is 1. The summed E-state index contributed by atoms with van der Waals surface area (Å²) in [6, 6.07) is 1.44. The number of aliphatic imine (C=N–C) groups is 1. The van der Waals surface area contributed by atoms with Gasteiger partial charge in [0.25, 0.3) is 0 Å².